The molecule has 0 heterocycles. The summed E-state index contributed by atoms with van der Waals surface area (Å²) in [5, 5.41) is 2.74. The first-order valence-corrected chi connectivity index (χ1v) is 6.12. The zero-order chi connectivity index (χ0) is 12.3. The topological polar surface area (TPSA) is 64.3 Å². The summed E-state index contributed by atoms with van der Waals surface area (Å²) in [5.41, 5.74) is 6.90. The predicted molar refractivity (Wildman–Crippen MR) is 71.4 cm³/mol. The van der Waals surface area contributed by atoms with Crippen LogP contribution < -0.4 is 11.1 Å². The second kappa shape index (κ2) is 5.65. The number of carbonyl (C=O) groups is 1. The molecule has 0 saturated carbocycles. The van der Waals surface area contributed by atoms with E-state index in [4.69, 9.17) is 10.5 Å². The van der Waals surface area contributed by atoms with Gasteiger partial charge >= 0.3 is 0 Å². The van der Waals surface area contributed by atoms with Crippen LogP contribution in [0.5, 0.6) is 0 Å². The van der Waals surface area contributed by atoms with Crippen LogP contribution >= 0.6 is 31.9 Å². The summed E-state index contributed by atoms with van der Waals surface area (Å²) in [6, 6.07) is 3.44. The number of carbonyl (C=O) groups excluding carboxylic acids is 1. The number of methoxy groups -OCH3 is 1. The summed E-state index contributed by atoms with van der Waals surface area (Å²) >= 11 is 6.66. The van der Waals surface area contributed by atoms with Crippen molar-refractivity contribution in [1.29, 1.82) is 0 Å². The minimum absolute atomic E-state index is 0.214. The van der Waals surface area contributed by atoms with E-state index in [1.807, 2.05) is 0 Å². The van der Waals surface area contributed by atoms with Crippen molar-refractivity contribution < 1.29 is 9.53 Å². The first-order valence-electron chi connectivity index (χ1n) is 4.54. The molecule has 0 bridgehead atoms. The van der Waals surface area contributed by atoms with Crippen LogP contribution in [-0.2, 0) is 9.53 Å². The summed E-state index contributed by atoms with van der Waals surface area (Å²) in [5.74, 6) is -0.214. The molecule has 88 valence electrons. The number of ether oxygens (including phenoxy) is 1. The Hall–Kier alpha value is -0.590. The summed E-state index contributed by atoms with van der Waals surface area (Å²) in [6.45, 7) is 1.68. The van der Waals surface area contributed by atoms with Gasteiger partial charge < -0.3 is 15.8 Å². The van der Waals surface area contributed by atoms with Gasteiger partial charge in [-0.15, -0.1) is 0 Å². The van der Waals surface area contributed by atoms with Crippen LogP contribution in [0, 0.1) is 0 Å². The van der Waals surface area contributed by atoms with Crippen LogP contribution in [0.15, 0.2) is 21.1 Å². The molecule has 3 N–H and O–H groups in total. The van der Waals surface area contributed by atoms with Crippen molar-refractivity contribution >= 4 is 49.1 Å². The molecule has 1 amide bonds. The molecule has 1 atom stereocenters. The summed E-state index contributed by atoms with van der Waals surface area (Å²) in [7, 11) is 1.48. The minimum Gasteiger partial charge on any atom is -0.399 e. The Kier molecular flexibility index (Phi) is 4.76. The number of nitrogen functional groups attached to an aromatic ring is 1. The van der Waals surface area contributed by atoms with E-state index >= 15 is 0 Å². The zero-order valence-electron chi connectivity index (χ0n) is 8.88. The van der Waals surface area contributed by atoms with Crippen LogP contribution in [0.3, 0.4) is 0 Å². The first kappa shape index (κ1) is 13.5. The third-order valence-electron chi connectivity index (χ3n) is 2.04. The van der Waals surface area contributed by atoms with E-state index < -0.39 is 6.10 Å². The van der Waals surface area contributed by atoms with Crippen molar-refractivity contribution in [3.05, 3.63) is 21.1 Å². The Labute approximate surface area is 111 Å². The quantitative estimate of drug-likeness (QED) is 0.823. The number of halogens is 2. The maximum atomic E-state index is 11.6. The number of amides is 1. The molecule has 0 aliphatic carbocycles. The van der Waals surface area contributed by atoms with Crippen LogP contribution in [-0.4, -0.2) is 19.1 Å². The first-order chi connectivity index (χ1) is 7.45. The van der Waals surface area contributed by atoms with Crippen LogP contribution in [0.2, 0.25) is 0 Å². The van der Waals surface area contributed by atoms with Gasteiger partial charge in [0.2, 0.25) is 0 Å². The third kappa shape index (κ3) is 3.20. The van der Waals surface area contributed by atoms with Gasteiger partial charge in [-0.1, -0.05) is 0 Å². The van der Waals surface area contributed by atoms with E-state index in [0.29, 0.717) is 11.4 Å². The van der Waals surface area contributed by atoms with Gasteiger partial charge in [-0.3, -0.25) is 4.79 Å². The van der Waals surface area contributed by atoms with E-state index in [1.54, 1.807) is 19.1 Å². The molecule has 1 unspecified atom stereocenters. The van der Waals surface area contributed by atoms with Gasteiger partial charge in [-0.05, 0) is 50.9 Å². The van der Waals surface area contributed by atoms with Crippen molar-refractivity contribution in [1.82, 2.24) is 0 Å². The number of nitrogens with one attached hydrogen (secondary N) is 1. The van der Waals surface area contributed by atoms with Crippen LogP contribution in [0.25, 0.3) is 0 Å². The van der Waals surface area contributed by atoms with Gasteiger partial charge in [-0.2, -0.15) is 0 Å². The molecule has 0 radical (unpaired) electrons. The Bertz CT molecular complexity index is 387. The highest BCUT2D eigenvalue weighted by molar-refractivity contribution is 9.11. The molecule has 0 fully saturated rings. The van der Waals surface area contributed by atoms with E-state index in [0.717, 1.165) is 8.95 Å². The maximum Gasteiger partial charge on any atom is 0.253 e. The van der Waals surface area contributed by atoms with Gasteiger partial charge in [0.05, 0.1) is 5.69 Å². The second-order valence-electron chi connectivity index (χ2n) is 3.23. The highest BCUT2D eigenvalue weighted by Gasteiger charge is 2.15. The molecule has 0 aliphatic rings. The van der Waals surface area contributed by atoms with Crippen molar-refractivity contribution in [2.45, 2.75) is 13.0 Å². The highest BCUT2D eigenvalue weighted by Crippen LogP contribution is 2.33. The summed E-state index contributed by atoms with van der Waals surface area (Å²) in [4.78, 5) is 11.6. The molecule has 1 aromatic rings. The van der Waals surface area contributed by atoms with E-state index in [-0.39, 0.29) is 5.91 Å². The molecular weight excluding hydrogens is 340 g/mol. The lowest BCUT2D eigenvalue weighted by Gasteiger charge is -2.13. The Morgan fingerprint density at radius 1 is 1.44 bits per heavy atom. The minimum atomic E-state index is -0.503. The molecule has 6 heteroatoms. The number of anilines is 2. The molecule has 1 rings (SSSR count). The lowest BCUT2D eigenvalue weighted by molar-refractivity contribution is -0.124. The molecule has 1 aromatic carbocycles. The molecule has 0 spiro atoms. The smallest absolute Gasteiger partial charge is 0.253 e. The van der Waals surface area contributed by atoms with Gasteiger partial charge in [0.15, 0.2) is 0 Å². The number of hydrogen-bond donors (Lipinski definition) is 2. The fourth-order valence-corrected chi connectivity index (χ4v) is 2.46. The molecule has 0 aliphatic heterocycles. The fourth-order valence-electron chi connectivity index (χ4n) is 1.04. The lowest BCUT2D eigenvalue weighted by Crippen LogP contribution is -2.26. The Balaban J connectivity index is 2.93. The zero-order valence-corrected chi connectivity index (χ0v) is 12.1. The molecule has 0 saturated heterocycles. The van der Waals surface area contributed by atoms with Gasteiger partial charge in [0, 0.05) is 21.7 Å². The Morgan fingerprint density at radius 2 is 1.94 bits per heavy atom. The lowest BCUT2D eigenvalue weighted by atomic mass is 10.2. The molecule has 4 nitrogen and oxygen atoms in total. The largest absolute Gasteiger partial charge is 0.399 e. The van der Waals surface area contributed by atoms with Crippen molar-refractivity contribution in [3.8, 4) is 0 Å². The highest BCUT2D eigenvalue weighted by atomic mass is 79.9. The molecular formula is C10H12Br2N2O2. The number of nitrogens with two attached hydrogens (primary N) is 1. The standard InChI is InChI=1S/C10H12Br2N2O2/c1-5(16-2)10(15)14-9-7(11)3-6(13)4-8(9)12/h3-5H,13H2,1-2H3,(H,14,15). The van der Waals surface area contributed by atoms with E-state index in [1.165, 1.54) is 7.11 Å². The fraction of sp³-hybridized carbons (Fsp3) is 0.300. The number of hydrogen-bond acceptors (Lipinski definition) is 3. The van der Waals surface area contributed by atoms with Crippen molar-refractivity contribution in [3.63, 3.8) is 0 Å². The van der Waals surface area contributed by atoms with Gasteiger partial charge in [-0.25, -0.2) is 0 Å². The number of benzene rings is 1. The SMILES string of the molecule is COC(C)C(=O)Nc1c(Br)cc(N)cc1Br. The maximum absolute atomic E-state index is 11.6. The monoisotopic (exact) mass is 350 g/mol. The average molecular weight is 352 g/mol. The summed E-state index contributed by atoms with van der Waals surface area (Å²) < 4.78 is 6.36. The predicted octanol–water partition coefficient (Wildman–Crippen LogP) is 2.77. The number of rotatable bonds is 3. The Morgan fingerprint density at radius 3 is 2.38 bits per heavy atom. The second-order valence-corrected chi connectivity index (χ2v) is 4.94. The van der Waals surface area contributed by atoms with Gasteiger partial charge in [0.25, 0.3) is 5.91 Å². The van der Waals surface area contributed by atoms with Crippen LogP contribution in [0.4, 0.5) is 11.4 Å². The normalized spacial score (nSPS) is 12.2. The van der Waals surface area contributed by atoms with E-state index in [9.17, 15) is 4.79 Å². The average Bonchev–Trinajstić information content (AvgIpc) is 2.21. The summed E-state index contributed by atoms with van der Waals surface area (Å²) in [6.07, 6.45) is -0.503. The van der Waals surface area contributed by atoms with E-state index in [2.05, 4.69) is 37.2 Å². The van der Waals surface area contributed by atoms with Crippen molar-refractivity contribution in [2.24, 2.45) is 0 Å². The van der Waals surface area contributed by atoms with Crippen LogP contribution in [0.1, 0.15) is 6.92 Å². The molecule has 0 aromatic heterocycles. The van der Waals surface area contributed by atoms with Crippen molar-refractivity contribution in [2.75, 3.05) is 18.2 Å². The molecule has 16 heavy (non-hydrogen) atoms. The van der Waals surface area contributed by atoms with Gasteiger partial charge in [0.1, 0.15) is 6.10 Å². The third-order valence-corrected chi connectivity index (χ3v) is 3.29.